The van der Waals surface area contributed by atoms with Crippen molar-refractivity contribution in [1.82, 2.24) is 20.2 Å². The normalized spacial score (nSPS) is 21.6. The third-order valence-corrected chi connectivity index (χ3v) is 5.25. The fourth-order valence-electron chi connectivity index (χ4n) is 3.74. The van der Waals surface area contributed by atoms with Gasteiger partial charge in [0.2, 0.25) is 0 Å². The average Bonchev–Trinajstić information content (AvgIpc) is 3.17. The van der Waals surface area contributed by atoms with Gasteiger partial charge in [0.15, 0.2) is 0 Å². The Hall–Kier alpha value is -2.80. The number of pyridine rings is 2. The van der Waals surface area contributed by atoms with E-state index in [0.29, 0.717) is 24.2 Å². The number of piperidine rings is 1. The van der Waals surface area contributed by atoms with E-state index in [1.165, 1.54) is 0 Å². The molecule has 0 bridgehead atoms. The molecule has 2 atom stereocenters. The van der Waals surface area contributed by atoms with Crippen molar-refractivity contribution in [3.05, 3.63) is 59.2 Å². The van der Waals surface area contributed by atoms with Gasteiger partial charge >= 0.3 is 0 Å². The second-order valence-electron chi connectivity index (χ2n) is 7.09. The smallest absolute Gasteiger partial charge is 0.272 e. The molecule has 7 heteroatoms. The van der Waals surface area contributed by atoms with Gasteiger partial charge in [0.1, 0.15) is 5.69 Å². The summed E-state index contributed by atoms with van der Waals surface area (Å²) in [5.41, 5.74) is 3.10. The summed E-state index contributed by atoms with van der Waals surface area (Å²) in [5, 5.41) is 13.3. The number of aryl methyl sites for hydroxylation is 2. The molecule has 2 amide bonds. The van der Waals surface area contributed by atoms with Gasteiger partial charge in [-0.15, -0.1) is 0 Å². The summed E-state index contributed by atoms with van der Waals surface area (Å²) < 4.78 is 0. The van der Waals surface area contributed by atoms with Crippen LogP contribution >= 0.6 is 0 Å². The highest BCUT2D eigenvalue weighted by Crippen LogP contribution is 2.21. The molecule has 2 N–H and O–H groups in total. The van der Waals surface area contributed by atoms with E-state index in [0.717, 1.165) is 30.5 Å². The molecule has 0 saturated carbocycles. The molecular formula is C20H22N4O3. The van der Waals surface area contributed by atoms with Gasteiger partial charge < -0.3 is 15.3 Å². The number of β-amino-alcohol motifs (C(OH)–C–C–N with tert-alkyl or cyclic N) is 1. The first-order valence-electron chi connectivity index (χ1n) is 9.29. The summed E-state index contributed by atoms with van der Waals surface area (Å²) in [6, 6.07) is 6.67. The van der Waals surface area contributed by atoms with Crippen molar-refractivity contribution in [2.45, 2.75) is 37.8 Å². The predicted octanol–water partition coefficient (Wildman–Crippen LogP) is 0.971. The maximum Gasteiger partial charge on any atom is 0.272 e. The minimum Gasteiger partial charge on any atom is -0.389 e. The standard InChI is InChI=1S/C20H22N4O3/c25-18-12-24(20(27)17-5-1-2-8-21-17)9-7-16(18)23-19(26)14-10-13-4-3-6-15(13)22-11-14/h1-2,5,8,10-11,16,18,25H,3-4,6-7,9,12H2,(H,23,26)/t16-,18-/m1/s1. The van der Waals surface area contributed by atoms with Crippen molar-refractivity contribution in [3.8, 4) is 0 Å². The number of nitrogens with one attached hydrogen (secondary N) is 1. The van der Waals surface area contributed by atoms with Gasteiger partial charge in [0, 0.05) is 31.2 Å². The fraction of sp³-hybridized carbons (Fsp3) is 0.400. The molecule has 1 aliphatic heterocycles. The number of aliphatic hydroxyl groups excluding tert-OH is 1. The van der Waals surface area contributed by atoms with Crippen molar-refractivity contribution < 1.29 is 14.7 Å². The first-order chi connectivity index (χ1) is 13.1. The highest BCUT2D eigenvalue weighted by molar-refractivity contribution is 5.94. The second-order valence-corrected chi connectivity index (χ2v) is 7.09. The van der Waals surface area contributed by atoms with E-state index in [1.54, 1.807) is 35.5 Å². The topological polar surface area (TPSA) is 95.4 Å². The summed E-state index contributed by atoms with van der Waals surface area (Å²) in [6.07, 6.45) is 5.85. The van der Waals surface area contributed by atoms with E-state index in [2.05, 4.69) is 15.3 Å². The van der Waals surface area contributed by atoms with Crippen LogP contribution in [-0.4, -0.2) is 57.0 Å². The molecule has 1 aliphatic carbocycles. The van der Waals surface area contributed by atoms with Crippen molar-refractivity contribution in [2.75, 3.05) is 13.1 Å². The summed E-state index contributed by atoms with van der Waals surface area (Å²) in [5.74, 6) is -0.437. The summed E-state index contributed by atoms with van der Waals surface area (Å²) in [6.45, 7) is 0.628. The van der Waals surface area contributed by atoms with Crippen LogP contribution in [0.2, 0.25) is 0 Å². The van der Waals surface area contributed by atoms with Gasteiger partial charge in [0.05, 0.1) is 17.7 Å². The Morgan fingerprint density at radius 2 is 2.11 bits per heavy atom. The van der Waals surface area contributed by atoms with Crippen LogP contribution in [0.5, 0.6) is 0 Å². The number of fused-ring (bicyclic) bond motifs is 1. The zero-order chi connectivity index (χ0) is 18.8. The van der Waals surface area contributed by atoms with E-state index in [4.69, 9.17) is 0 Å². The van der Waals surface area contributed by atoms with Crippen LogP contribution in [0.3, 0.4) is 0 Å². The van der Waals surface area contributed by atoms with Crippen LogP contribution in [0.25, 0.3) is 0 Å². The lowest BCUT2D eigenvalue weighted by Crippen LogP contribution is -2.55. The highest BCUT2D eigenvalue weighted by Gasteiger charge is 2.32. The monoisotopic (exact) mass is 366 g/mol. The van der Waals surface area contributed by atoms with Gasteiger partial charge in [0.25, 0.3) is 11.8 Å². The van der Waals surface area contributed by atoms with E-state index < -0.39 is 12.1 Å². The van der Waals surface area contributed by atoms with Gasteiger partial charge in [-0.1, -0.05) is 6.07 Å². The molecule has 7 nitrogen and oxygen atoms in total. The molecule has 0 aromatic carbocycles. The van der Waals surface area contributed by atoms with Crippen LogP contribution in [0, 0.1) is 0 Å². The van der Waals surface area contributed by atoms with Crippen molar-refractivity contribution >= 4 is 11.8 Å². The molecule has 4 rings (SSSR count). The number of hydrogen-bond donors (Lipinski definition) is 2. The van der Waals surface area contributed by atoms with Crippen molar-refractivity contribution in [2.24, 2.45) is 0 Å². The van der Waals surface area contributed by atoms with Gasteiger partial charge in [-0.25, -0.2) is 0 Å². The Balaban J connectivity index is 1.37. The third-order valence-electron chi connectivity index (χ3n) is 5.25. The van der Waals surface area contributed by atoms with Crippen LogP contribution in [0.4, 0.5) is 0 Å². The zero-order valence-electron chi connectivity index (χ0n) is 15.0. The number of amides is 2. The average molecular weight is 366 g/mol. The van der Waals surface area contributed by atoms with E-state index in [1.807, 2.05) is 6.07 Å². The van der Waals surface area contributed by atoms with Gasteiger partial charge in [-0.3, -0.25) is 19.6 Å². The molecule has 0 spiro atoms. The van der Waals surface area contributed by atoms with Crippen molar-refractivity contribution in [3.63, 3.8) is 0 Å². The molecule has 27 heavy (non-hydrogen) atoms. The lowest BCUT2D eigenvalue weighted by molar-refractivity contribution is 0.0311. The fourth-order valence-corrected chi connectivity index (χ4v) is 3.74. The zero-order valence-corrected chi connectivity index (χ0v) is 15.0. The molecule has 1 fully saturated rings. The first-order valence-corrected chi connectivity index (χ1v) is 9.29. The SMILES string of the molecule is O=C(N[C@@H]1CCN(C(=O)c2ccccn2)C[C@H]1O)c1cnc2c(c1)CCC2. The van der Waals surface area contributed by atoms with Crippen LogP contribution in [0.15, 0.2) is 36.7 Å². The molecule has 2 aromatic rings. The molecular weight excluding hydrogens is 344 g/mol. The third kappa shape index (κ3) is 3.68. The van der Waals surface area contributed by atoms with E-state index in [-0.39, 0.29) is 18.4 Å². The molecule has 2 aromatic heterocycles. The molecule has 2 aliphatic rings. The quantitative estimate of drug-likeness (QED) is 0.844. The Morgan fingerprint density at radius 3 is 2.89 bits per heavy atom. The van der Waals surface area contributed by atoms with Gasteiger partial charge in [-0.05, 0) is 49.4 Å². The molecule has 0 radical (unpaired) electrons. The maximum absolute atomic E-state index is 12.5. The number of aromatic nitrogens is 2. The highest BCUT2D eigenvalue weighted by atomic mass is 16.3. The maximum atomic E-state index is 12.5. The minimum atomic E-state index is -0.822. The first kappa shape index (κ1) is 17.6. The minimum absolute atomic E-state index is 0.169. The Kier molecular flexibility index (Phi) is 4.85. The Morgan fingerprint density at radius 1 is 1.22 bits per heavy atom. The number of carbonyl (C=O) groups excluding carboxylic acids is 2. The lowest BCUT2D eigenvalue weighted by atomic mass is 10.0. The summed E-state index contributed by atoms with van der Waals surface area (Å²) >= 11 is 0. The van der Waals surface area contributed by atoms with Crippen LogP contribution < -0.4 is 5.32 Å². The number of likely N-dealkylation sites (tertiary alicyclic amines) is 1. The molecule has 140 valence electrons. The Labute approximate surface area is 157 Å². The van der Waals surface area contributed by atoms with Crippen LogP contribution in [0.1, 0.15) is 44.9 Å². The molecule has 0 unspecified atom stereocenters. The number of aliphatic hydroxyl groups is 1. The summed E-state index contributed by atoms with van der Waals surface area (Å²) in [4.78, 5) is 35.0. The second kappa shape index (κ2) is 7.44. The molecule has 3 heterocycles. The van der Waals surface area contributed by atoms with Gasteiger partial charge in [-0.2, -0.15) is 0 Å². The largest absolute Gasteiger partial charge is 0.389 e. The lowest BCUT2D eigenvalue weighted by Gasteiger charge is -2.36. The van der Waals surface area contributed by atoms with Crippen molar-refractivity contribution in [1.29, 1.82) is 0 Å². The Bertz CT molecular complexity index is 856. The van der Waals surface area contributed by atoms with E-state index >= 15 is 0 Å². The predicted molar refractivity (Wildman–Crippen MR) is 98.3 cm³/mol. The van der Waals surface area contributed by atoms with E-state index in [9.17, 15) is 14.7 Å². The number of hydrogen-bond acceptors (Lipinski definition) is 5. The number of nitrogens with zero attached hydrogens (tertiary/aromatic N) is 3. The number of rotatable bonds is 3. The summed E-state index contributed by atoms with van der Waals surface area (Å²) in [7, 11) is 0. The molecule has 1 saturated heterocycles. The van der Waals surface area contributed by atoms with Crippen LogP contribution in [-0.2, 0) is 12.8 Å². The number of carbonyl (C=O) groups is 2.